The van der Waals surface area contributed by atoms with Crippen molar-refractivity contribution in [2.24, 2.45) is 5.73 Å². The van der Waals surface area contributed by atoms with Gasteiger partial charge < -0.3 is 16.2 Å². The number of carboxylic acid groups (broad SMARTS) is 1. The molecule has 2 amide bonds. The number of carbonyl (C=O) groups excluding carboxylic acids is 2. The van der Waals surface area contributed by atoms with Crippen molar-refractivity contribution in [1.29, 1.82) is 0 Å². The highest BCUT2D eigenvalue weighted by molar-refractivity contribution is 8.00. The minimum Gasteiger partial charge on any atom is -0.480 e. The molecule has 0 bridgehead atoms. The van der Waals surface area contributed by atoms with Crippen LogP contribution in [-0.2, 0) is 14.4 Å². The van der Waals surface area contributed by atoms with Crippen LogP contribution in [0, 0.1) is 0 Å². The molecule has 0 aliphatic rings. The number of thioether (sulfide) groups is 1. The number of halogens is 1. The molecule has 3 unspecified atom stereocenters. The van der Waals surface area contributed by atoms with E-state index in [2.05, 4.69) is 5.32 Å². The Hall–Kier alpha value is -0.950. The monoisotopic (exact) mass is 282 g/mol. The van der Waals surface area contributed by atoms with Crippen LogP contribution in [0.5, 0.6) is 0 Å². The average molecular weight is 283 g/mol. The first-order valence-electron chi connectivity index (χ1n) is 4.80. The van der Waals surface area contributed by atoms with E-state index in [9.17, 15) is 14.4 Å². The summed E-state index contributed by atoms with van der Waals surface area (Å²) in [6, 6.07) is -1.00. The second kappa shape index (κ2) is 7.39. The molecule has 0 aliphatic carbocycles. The van der Waals surface area contributed by atoms with Gasteiger partial charge in [0.1, 0.15) is 11.4 Å². The van der Waals surface area contributed by atoms with Gasteiger partial charge in [-0.05, 0) is 0 Å². The molecule has 0 heterocycles. The van der Waals surface area contributed by atoms with E-state index in [0.717, 1.165) is 11.8 Å². The van der Waals surface area contributed by atoms with Crippen molar-refractivity contribution in [2.75, 3.05) is 5.75 Å². The second-order valence-electron chi connectivity index (χ2n) is 3.43. The molecule has 0 saturated carbocycles. The van der Waals surface area contributed by atoms with E-state index in [4.69, 9.17) is 22.4 Å². The summed E-state index contributed by atoms with van der Waals surface area (Å²) in [6.45, 7) is 2.90. The Kier molecular flexibility index (Phi) is 6.98. The van der Waals surface area contributed by atoms with Gasteiger partial charge in [0.2, 0.25) is 11.8 Å². The second-order valence-corrected chi connectivity index (χ2v) is 5.31. The zero-order chi connectivity index (χ0) is 13.6. The predicted octanol–water partition coefficient (Wildman–Crippen LogP) is -0.210. The van der Waals surface area contributed by atoms with Crippen molar-refractivity contribution >= 4 is 41.1 Å². The van der Waals surface area contributed by atoms with Crippen molar-refractivity contribution < 1.29 is 19.5 Å². The van der Waals surface area contributed by atoms with Crippen LogP contribution < -0.4 is 11.1 Å². The number of primary amides is 1. The van der Waals surface area contributed by atoms with Crippen molar-refractivity contribution in [1.82, 2.24) is 5.32 Å². The SMILES string of the molecule is CC(=O)NC(CSC(C)C(Cl)C(N)=O)C(=O)O. The van der Waals surface area contributed by atoms with Gasteiger partial charge >= 0.3 is 5.97 Å². The van der Waals surface area contributed by atoms with E-state index in [1.807, 2.05) is 0 Å². The maximum atomic E-state index is 10.8. The topological polar surface area (TPSA) is 109 Å². The van der Waals surface area contributed by atoms with Gasteiger partial charge in [0.05, 0.1) is 0 Å². The third kappa shape index (κ3) is 6.38. The number of nitrogens with two attached hydrogens (primary N) is 1. The minimum absolute atomic E-state index is 0.118. The smallest absolute Gasteiger partial charge is 0.327 e. The van der Waals surface area contributed by atoms with Crippen molar-refractivity contribution in [2.45, 2.75) is 30.5 Å². The molecule has 0 saturated heterocycles. The van der Waals surface area contributed by atoms with Crippen molar-refractivity contribution in [3.8, 4) is 0 Å². The summed E-state index contributed by atoms with van der Waals surface area (Å²) < 4.78 is 0. The summed E-state index contributed by atoms with van der Waals surface area (Å²) >= 11 is 6.87. The largest absolute Gasteiger partial charge is 0.480 e. The summed E-state index contributed by atoms with van der Waals surface area (Å²) in [5.74, 6) is -2.10. The lowest BCUT2D eigenvalue weighted by Crippen LogP contribution is -2.42. The number of hydrogen-bond donors (Lipinski definition) is 3. The van der Waals surface area contributed by atoms with Crippen LogP contribution >= 0.6 is 23.4 Å². The standard InChI is InChI=1S/C9H15ClN2O4S/c1-4(7(10)8(11)14)17-3-6(9(15)16)12-5(2)13/h4,6-7H,3H2,1-2H3,(H2,11,14)(H,12,13)(H,15,16). The van der Waals surface area contributed by atoms with E-state index in [1.165, 1.54) is 6.92 Å². The molecule has 0 fully saturated rings. The first-order chi connectivity index (χ1) is 7.75. The Morgan fingerprint density at radius 3 is 2.35 bits per heavy atom. The molecule has 17 heavy (non-hydrogen) atoms. The summed E-state index contributed by atoms with van der Waals surface area (Å²) in [7, 11) is 0. The predicted molar refractivity (Wildman–Crippen MR) is 66.0 cm³/mol. The maximum absolute atomic E-state index is 10.8. The van der Waals surface area contributed by atoms with Gasteiger partial charge in [-0.15, -0.1) is 11.6 Å². The fourth-order valence-corrected chi connectivity index (χ4v) is 2.23. The molecule has 0 aliphatic heterocycles. The number of hydrogen-bond acceptors (Lipinski definition) is 4. The maximum Gasteiger partial charge on any atom is 0.327 e. The summed E-state index contributed by atoms with van der Waals surface area (Å²) in [5, 5.41) is 9.92. The fourth-order valence-electron chi connectivity index (χ4n) is 0.984. The normalized spacial score (nSPS) is 15.7. The molecule has 8 heteroatoms. The lowest BCUT2D eigenvalue weighted by atomic mass is 10.3. The molecule has 0 aromatic heterocycles. The van der Waals surface area contributed by atoms with E-state index in [-0.39, 0.29) is 11.0 Å². The summed E-state index contributed by atoms with van der Waals surface area (Å²) in [5.41, 5.74) is 5.01. The Morgan fingerprint density at radius 2 is 2.00 bits per heavy atom. The van der Waals surface area contributed by atoms with E-state index < -0.39 is 29.2 Å². The van der Waals surface area contributed by atoms with Crippen LogP contribution in [0.4, 0.5) is 0 Å². The summed E-state index contributed by atoms with van der Waals surface area (Å²) in [6.07, 6.45) is 0. The zero-order valence-corrected chi connectivity index (χ0v) is 11.0. The quantitative estimate of drug-likeness (QED) is 0.560. The molecule has 0 rings (SSSR count). The van der Waals surface area contributed by atoms with Crippen LogP contribution in [0.1, 0.15) is 13.8 Å². The number of carbonyl (C=O) groups is 3. The molecule has 3 atom stereocenters. The van der Waals surface area contributed by atoms with Gasteiger partial charge in [-0.1, -0.05) is 6.92 Å². The highest BCUT2D eigenvalue weighted by Crippen LogP contribution is 2.19. The number of amides is 2. The van der Waals surface area contributed by atoms with E-state index in [1.54, 1.807) is 6.92 Å². The fraction of sp³-hybridized carbons (Fsp3) is 0.667. The first kappa shape index (κ1) is 16.1. The molecular weight excluding hydrogens is 268 g/mol. The average Bonchev–Trinajstić information content (AvgIpc) is 2.21. The number of carboxylic acids is 1. The third-order valence-corrected chi connectivity index (χ3v) is 3.95. The number of alkyl halides is 1. The molecule has 0 radical (unpaired) electrons. The van der Waals surface area contributed by atoms with E-state index in [0.29, 0.717) is 0 Å². The molecule has 98 valence electrons. The van der Waals surface area contributed by atoms with Crippen LogP contribution in [0.15, 0.2) is 0 Å². The lowest BCUT2D eigenvalue weighted by Gasteiger charge is -2.18. The van der Waals surface area contributed by atoms with Gasteiger partial charge in [0.25, 0.3) is 0 Å². The van der Waals surface area contributed by atoms with Gasteiger partial charge in [-0.3, -0.25) is 9.59 Å². The number of rotatable bonds is 7. The van der Waals surface area contributed by atoms with Gasteiger partial charge in [-0.2, -0.15) is 11.8 Å². The van der Waals surface area contributed by atoms with Crippen LogP contribution in [0.25, 0.3) is 0 Å². The number of aliphatic carboxylic acids is 1. The molecule has 6 nitrogen and oxygen atoms in total. The first-order valence-corrected chi connectivity index (χ1v) is 6.29. The van der Waals surface area contributed by atoms with Gasteiger partial charge in [0, 0.05) is 17.9 Å². The Morgan fingerprint density at radius 1 is 1.47 bits per heavy atom. The highest BCUT2D eigenvalue weighted by atomic mass is 35.5. The Labute approximate surface area is 108 Å². The zero-order valence-electron chi connectivity index (χ0n) is 9.47. The molecule has 0 aromatic rings. The van der Waals surface area contributed by atoms with Crippen LogP contribution in [-0.4, -0.2) is 45.3 Å². The van der Waals surface area contributed by atoms with Crippen LogP contribution in [0.2, 0.25) is 0 Å². The Bertz CT molecular complexity index is 313. The Balaban J connectivity index is 4.26. The van der Waals surface area contributed by atoms with Gasteiger partial charge in [-0.25, -0.2) is 4.79 Å². The summed E-state index contributed by atoms with van der Waals surface area (Å²) in [4.78, 5) is 32.3. The van der Waals surface area contributed by atoms with Crippen molar-refractivity contribution in [3.05, 3.63) is 0 Å². The van der Waals surface area contributed by atoms with E-state index >= 15 is 0 Å². The highest BCUT2D eigenvalue weighted by Gasteiger charge is 2.24. The lowest BCUT2D eigenvalue weighted by molar-refractivity contribution is -0.140. The number of nitrogens with one attached hydrogen (secondary N) is 1. The molecule has 0 spiro atoms. The molecule has 4 N–H and O–H groups in total. The minimum atomic E-state index is -1.13. The molecular formula is C9H15ClN2O4S. The van der Waals surface area contributed by atoms with Crippen molar-refractivity contribution in [3.63, 3.8) is 0 Å². The van der Waals surface area contributed by atoms with Crippen LogP contribution in [0.3, 0.4) is 0 Å². The molecule has 0 aromatic carbocycles. The van der Waals surface area contributed by atoms with Gasteiger partial charge in [0.15, 0.2) is 0 Å². The third-order valence-electron chi connectivity index (χ3n) is 1.89.